The summed E-state index contributed by atoms with van der Waals surface area (Å²) >= 11 is 0. The number of rotatable bonds is 9. The van der Waals surface area contributed by atoms with Crippen LogP contribution in [0.15, 0.2) is 48.5 Å². The molecule has 2 N–H and O–H groups in total. The smallest absolute Gasteiger partial charge is 0.329 e. The van der Waals surface area contributed by atoms with E-state index >= 15 is 0 Å². The highest BCUT2D eigenvalue weighted by Crippen LogP contribution is 2.23. The molecule has 0 bridgehead atoms. The number of anilines is 1. The van der Waals surface area contributed by atoms with Crippen molar-refractivity contribution in [3.63, 3.8) is 0 Å². The van der Waals surface area contributed by atoms with Crippen molar-refractivity contribution < 1.29 is 23.9 Å². The third-order valence-corrected chi connectivity index (χ3v) is 4.40. The maximum absolute atomic E-state index is 12.6. The van der Waals surface area contributed by atoms with E-state index in [1.54, 1.807) is 50.2 Å². The van der Waals surface area contributed by atoms with Crippen LogP contribution < -0.4 is 15.4 Å². The molecule has 0 saturated heterocycles. The van der Waals surface area contributed by atoms with Crippen molar-refractivity contribution in [1.29, 1.82) is 0 Å². The van der Waals surface area contributed by atoms with Crippen LogP contribution in [0, 0.1) is 12.8 Å². The van der Waals surface area contributed by atoms with Gasteiger partial charge in [0.2, 0.25) is 0 Å². The van der Waals surface area contributed by atoms with Gasteiger partial charge in [0.25, 0.3) is 11.8 Å². The van der Waals surface area contributed by atoms with Gasteiger partial charge in [-0.15, -0.1) is 0 Å². The minimum Gasteiger partial charge on any atom is -0.492 e. The molecule has 0 aromatic heterocycles. The Morgan fingerprint density at radius 3 is 2.33 bits per heavy atom. The molecule has 7 heteroatoms. The van der Waals surface area contributed by atoms with Gasteiger partial charge in [-0.1, -0.05) is 44.2 Å². The number of carbonyl (C=O) groups is 3. The molecule has 160 valence electrons. The van der Waals surface area contributed by atoms with Crippen LogP contribution in [0.2, 0.25) is 0 Å². The third kappa shape index (κ3) is 6.34. The van der Waals surface area contributed by atoms with Gasteiger partial charge in [-0.3, -0.25) is 9.59 Å². The van der Waals surface area contributed by atoms with E-state index in [4.69, 9.17) is 9.47 Å². The van der Waals surface area contributed by atoms with Crippen LogP contribution >= 0.6 is 0 Å². The molecule has 2 amide bonds. The van der Waals surface area contributed by atoms with E-state index in [1.807, 2.05) is 26.0 Å². The summed E-state index contributed by atoms with van der Waals surface area (Å²) in [7, 11) is 0. The highest BCUT2D eigenvalue weighted by molar-refractivity contribution is 5.98. The SMILES string of the molecule is CCOc1ccccc1NC(=O)COC(=O)[C@@H](NC(=O)c1ccccc1C)C(C)C. The average Bonchev–Trinajstić information content (AvgIpc) is 2.72. The van der Waals surface area contributed by atoms with Crippen LogP contribution in [0.3, 0.4) is 0 Å². The van der Waals surface area contributed by atoms with Gasteiger partial charge in [-0.25, -0.2) is 4.79 Å². The van der Waals surface area contributed by atoms with E-state index < -0.39 is 24.5 Å². The zero-order valence-corrected chi connectivity index (χ0v) is 17.7. The molecule has 2 rings (SSSR count). The molecular weight excluding hydrogens is 384 g/mol. The predicted molar refractivity (Wildman–Crippen MR) is 114 cm³/mol. The lowest BCUT2D eigenvalue weighted by Crippen LogP contribution is -2.46. The summed E-state index contributed by atoms with van der Waals surface area (Å²) in [6, 6.07) is 13.2. The molecule has 1 atom stereocenters. The maximum Gasteiger partial charge on any atom is 0.329 e. The summed E-state index contributed by atoms with van der Waals surface area (Å²) in [4.78, 5) is 37.3. The van der Waals surface area contributed by atoms with Crippen LogP contribution in [0.1, 0.15) is 36.7 Å². The van der Waals surface area contributed by atoms with E-state index in [-0.39, 0.29) is 11.8 Å². The minimum atomic E-state index is -0.874. The number of amides is 2. The number of hydrogen-bond acceptors (Lipinski definition) is 5. The number of ether oxygens (including phenoxy) is 2. The normalized spacial score (nSPS) is 11.5. The van der Waals surface area contributed by atoms with Crippen molar-refractivity contribution in [2.45, 2.75) is 33.7 Å². The van der Waals surface area contributed by atoms with Gasteiger partial charge in [0, 0.05) is 5.56 Å². The molecule has 2 aromatic rings. The van der Waals surface area contributed by atoms with Crippen molar-refractivity contribution >= 4 is 23.5 Å². The monoisotopic (exact) mass is 412 g/mol. The fourth-order valence-electron chi connectivity index (χ4n) is 2.81. The fourth-order valence-corrected chi connectivity index (χ4v) is 2.81. The molecule has 0 aliphatic rings. The summed E-state index contributed by atoms with van der Waals surface area (Å²) in [5.41, 5.74) is 1.79. The van der Waals surface area contributed by atoms with Crippen molar-refractivity contribution in [1.82, 2.24) is 5.32 Å². The molecule has 0 radical (unpaired) electrons. The van der Waals surface area contributed by atoms with Gasteiger partial charge in [-0.05, 0) is 43.5 Å². The molecule has 0 unspecified atom stereocenters. The Labute approximate surface area is 176 Å². The lowest BCUT2D eigenvalue weighted by Gasteiger charge is -2.21. The van der Waals surface area contributed by atoms with Gasteiger partial charge in [0.05, 0.1) is 12.3 Å². The summed E-state index contributed by atoms with van der Waals surface area (Å²) in [5, 5.41) is 5.37. The van der Waals surface area contributed by atoms with E-state index in [0.717, 1.165) is 5.56 Å². The van der Waals surface area contributed by atoms with E-state index in [2.05, 4.69) is 10.6 Å². The molecule has 7 nitrogen and oxygen atoms in total. The first-order valence-electron chi connectivity index (χ1n) is 9.88. The summed E-state index contributed by atoms with van der Waals surface area (Å²) in [6.07, 6.45) is 0. The minimum absolute atomic E-state index is 0.216. The second-order valence-corrected chi connectivity index (χ2v) is 7.10. The van der Waals surface area contributed by atoms with Crippen LogP contribution in [0.25, 0.3) is 0 Å². The van der Waals surface area contributed by atoms with Crippen molar-refractivity contribution in [3.05, 3.63) is 59.7 Å². The highest BCUT2D eigenvalue weighted by Gasteiger charge is 2.27. The van der Waals surface area contributed by atoms with Crippen LogP contribution in [0.5, 0.6) is 5.75 Å². The van der Waals surface area contributed by atoms with Gasteiger partial charge in [0.1, 0.15) is 11.8 Å². The lowest BCUT2D eigenvalue weighted by atomic mass is 10.0. The molecule has 0 saturated carbocycles. The molecule has 0 fully saturated rings. The molecule has 0 heterocycles. The van der Waals surface area contributed by atoms with Crippen LogP contribution in [-0.2, 0) is 14.3 Å². The summed E-state index contributed by atoms with van der Waals surface area (Å²) in [5.74, 6) is -1.21. The topological polar surface area (TPSA) is 93.7 Å². The zero-order chi connectivity index (χ0) is 22.1. The number of carbonyl (C=O) groups excluding carboxylic acids is 3. The molecule has 30 heavy (non-hydrogen) atoms. The van der Waals surface area contributed by atoms with E-state index in [0.29, 0.717) is 23.6 Å². The quantitative estimate of drug-likeness (QED) is 0.616. The molecule has 2 aromatic carbocycles. The molecule has 0 aliphatic heterocycles. The number of aryl methyl sites for hydroxylation is 1. The first kappa shape index (κ1) is 22.9. The van der Waals surface area contributed by atoms with Crippen LogP contribution in [0.4, 0.5) is 5.69 Å². The largest absolute Gasteiger partial charge is 0.492 e. The van der Waals surface area contributed by atoms with Gasteiger partial charge < -0.3 is 20.1 Å². The zero-order valence-electron chi connectivity index (χ0n) is 17.7. The Balaban J connectivity index is 1.96. The number of benzene rings is 2. The van der Waals surface area contributed by atoms with Crippen molar-refractivity contribution in [2.24, 2.45) is 5.92 Å². The first-order valence-corrected chi connectivity index (χ1v) is 9.88. The summed E-state index contributed by atoms with van der Waals surface area (Å²) < 4.78 is 10.6. The average molecular weight is 412 g/mol. The summed E-state index contributed by atoms with van der Waals surface area (Å²) in [6.45, 7) is 7.24. The first-order chi connectivity index (χ1) is 14.3. The Morgan fingerprint density at radius 2 is 1.67 bits per heavy atom. The van der Waals surface area contributed by atoms with E-state index in [9.17, 15) is 14.4 Å². The van der Waals surface area contributed by atoms with Crippen molar-refractivity contribution in [3.8, 4) is 5.75 Å². The van der Waals surface area contributed by atoms with Crippen LogP contribution in [-0.4, -0.2) is 37.0 Å². The maximum atomic E-state index is 12.6. The third-order valence-electron chi connectivity index (χ3n) is 4.40. The molecule has 0 aliphatic carbocycles. The lowest BCUT2D eigenvalue weighted by molar-refractivity contribution is -0.150. The Morgan fingerprint density at radius 1 is 1.00 bits per heavy atom. The van der Waals surface area contributed by atoms with Gasteiger partial charge >= 0.3 is 5.97 Å². The Bertz CT molecular complexity index is 895. The number of esters is 1. The van der Waals surface area contributed by atoms with E-state index in [1.165, 1.54) is 0 Å². The van der Waals surface area contributed by atoms with Crippen molar-refractivity contribution in [2.75, 3.05) is 18.5 Å². The fraction of sp³-hybridized carbons (Fsp3) is 0.348. The second kappa shape index (κ2) is 11.0. The highest BCUT2D eigenvalue weighted by atomic mass is 16.5. The Hall–Kier alpha value is -3.35. The second-order valence-electron chi connectivity index (χ2n) is 7.10. The molecular formula is C23H28N2O5. The predicted octanol–water partition coefficient (Wildman–Crippen LogP) is 3.33. The standard InChI is InChI=1S/C23H28N2O5/c1-5-29-19-13-9-8-12-18(19)24-20(26)14-30-23(28)21(15(2)3)25-22(27)17-11-7-6-10-16(17)4/h6-13,15,21H,5,14H2,1-4H3,(H,24,26)(H,25,27)/t21-/m0/s1. The number of hydrogen-bond donors (Lipinski definition) is 2. The number of nitrogens with one attached hydrogen (secondary N) is 2. The molecule has 0 spiro atoms. The number of para-hydroxylation sites is 2. The van der Waals surface area contributed by atoms with Gasteiger partial charge in [-0.2, -0.15) is 0 Å². The Kier molecular flexibility index (Phi) is 8.41. The van der Waals surface area contributed by atoms with Gasteiger partial charge in [0.15, 0.2) is 6.61 Å².